The maximum Gasteiger partial charge on any atom is 0.0328 e. The smallest absolute Gasteiger partial charge is 0.0328 e. The van der Waals surface area contributed by atoms with Gasteiger partial charge in [0.05, 0.1) is 0 Å². The molecule has 1 aliphatic rings. The normalized spacial score (nSPS) is 19.1. The zero-order valence-corrected chi connectivity index (χ0v) is 10.1. The van der Waals surface area contributed by atoms with E-state index in [1.165, 1.54) is 18.5 Å². The molecule has 1 aromatic carbocycles. The number of fused-ring (bicyclic) bond motifs is 1. The van der Waals surface area contributed by atoms with Gasteiger partial charge >= 0.3 is 0 Å². The first-order chi connectivity index (χ1) is 6.57. The molecule has 78 valence electrons. The summed E-state index contributed by atoms with van der Waals surface area (Å²) in [5.74, 6) is 0. The quantitative estimate of drug-likeness (QED) is 0.687. The van der Waals surface area contributed by atoms with E-state index in [2.05, 4.69) is 47.3 Å². The van der Waals surface area contributed by atoms with Crippen LogP contribution in [0.5, 0.6) is 0 Å². The summed E-state index contributed by atoms with van der Waals surface area (Å²) in [6.07, 6.45) is 8.35. The Morgan fingerprint density at radius 1 is 1.07 bits per heavy atom. The third-order valence-corrected chi connectivity index (χ3v) is 4.73. The lowest BCUT2D eigenvalue weighted by atomic mass is 10.0. The van der Waals surface area contributed by atoms with Gasteiger partial charge in [0, 0.05) is 13.1 Å². The van der Waals surface area contributed by atoms with Gasteiger partial charge in [0.2, 0.25) is 0 Å². The van der Waals surface area contributed by atoms with Gasteiger partial charge in [-0.25, -0.2) is 0 Å². The van der Waals surface area contributed by atoms with Crippen LogP contribution in [0.1, 0.15) is 11.1 Å². The maximum atomic E-state index is 2.63. The van der Waals surface area contributed by atoms with Crippen molar-refractivity contribution in [3.63, 3.8) is 0 Å². The van der Waals surface area contributed by atoms with E-state index in [0.717, 1.165) is 6.54 Å². The summed E-state index contributed by atoms with van der Waals surface area (Å²) in [7, 11) is -0.535. The Bertz CT molecular complexity index is 327. The highest BCUT2D eigenvalue weighted by molar-refractivity contribution is 8.30. The molecular weight excluding hydrogens is 190 g/mol. The molecule has 0 amide bonds. The summed E-state index contributed by atoms with van der Waals surface area (Å²) < 4.78 is 2.63. The lowest BCUT2D eigenvalue weighted by Crippen LogP contribution is -2.31. The molecule has 0 radical (unpaired) electrons. The molecule has 1 nitrogen and oxygen atoms in total. The third kappa shape index (κ3) is 1.96. The summed E-state index contributed by atoms with van der Waals surface area (Å²) in [4.78, 5) is 0. The van der Waals surface area contributed by atoms with E-state index in [-0.39, 0.29) is 0 Å². The second kappa shape index (κ2) is 3.59. The zero-order chi connectivity index (χ0) is 10.2. The third-order valence-electron chi connectivity index (χ3n) is 2.87. The first kappa shape index (κ1) is 10.1. The molecule has 0 atom stereocenters. The Balaban J connectivity index is 2.22. The Labute approximate surface area is 88.6 Å². The van der Waals surface area contributed by atoms with E-state index in [1.807, 2.05) is 0 Å². The van der Waals surface area contributed by atoms with Gasteiger partial charge in [0.1, 0.15) is 0 Å². The lowest BCUT2D eigenvalue weighted by Gasteiger charge is -2.43. The van der Waals surface area contributed by atoms with Crippen LogP contribution in [0, 0.1) is 0 Å². The molecule has 0 aromatic heterocycles. The molecule has 1 heterocycles. The topological polar surface area (TPSA) is 3.24 Å². The second-order valence-corrected chi connectivity index (χ2v) is 8.72. The van der Waals surface area contributed by atoms with Crippen LogP contribution in [0.25, 0.3) is 0 Å². The molecule has 0 unspecified atom stereocenters. The van der Waals surface area contributed by atoms with Crippen molar-refractivity contribution in [1.82, 2.24) is 4.31 Å². The van der Waals surface area contributed by atoms with Crippen molar-refractivity contribution in [2.75, 3.05) is 25.3 Å². The van der Waals surface area contributed by atoms with Crippen LogP contribution in [0.15, 0.2) is 24.3 Å². The first-order valence-corrected chi connectivity index (χ1v) is 7.89. The van der Waals surface area contributed by atoms with Crippen molar-refractivity contribution in [3.8, 4) is 0 Å². The van der Waals surface area contributed by atoms with Gasteiger partial charge < -0.3 is 0 Å². The van der Waals surface area contributed by atoms with E-state index < -0.39 is 10.2 Å². The van der Waals surface area contributed by atoms with Crippen molar-refractivity contribution in [2.24, 2.45) is 0 Å². The summed E-state index contributed by atoms with van der Waals surface area (Å²) in [6, 6.07) is 8.84. The summed E-state index contributed by atoms with van der Waals surface area (Å²) in [5.41, 5.74) is 3.08. The first-order valence-electron chi connectivity index (χ1n) is 5.07. The number of benzene rings is 1. The molecule has 14 heavy (non-hydrogen) atoms. The molecule has 0 bridgehead atoms. The van der Waals surface area contributed by atoms with E-state index in [9.17, 15) is 0 Å². The number of hydrogen-bond acceptors (Lipinski definition) is 1. The van der Waals surface area contributed by atoms with E-state index >= 15 is 0 Å². The van der Waals surface area contributed by atoms with E-state index in [1.54, 1.807) is 5.56 Å². The Morgan fingerprint density at radius 3 is 2.36 bits per heavy atom. The fourth-order valence-corrected chi connectivity index (χ4v) is 3.10. The van der Waals surface area contributed by atoms with Crippen molar-refractivity contribution in [2.45, 2.75) is 13.0 Å². The molecule has 0 saturated carbocycles. The predicted octanol–water partition coefficient (Wildman–Crippen LogP) is 2.65. The summed E-state index contributed by atoms with van der Waals surface area (Å²) >= 11 is 0. The van der Waals surface area contributed by atoms with Crippen LogP contribution in [-0.2, 0) is 13.0 Å². The van der Waals surface area contributed by atoms with Crippen LogP contribution >= 0.6 is 10.2 Å². The molecule has 0 spiro atoms. The standard InChI is InChI=1S/C12H19NS/c1-14(2,3)13-9-8-11-6-4-5-7-12(11)10-13/h4-7H,8-10H2,1-3H3. The average Bonchev–Trinajstić information content (AvgIpc) is 2.16. The summed E-state index contributed by atoms with van der Waals surface area (Å²) in [5, 5.41) is 0. The molecule has 0 saturated heterocycles. The fraction of sp³-hybridized carbons (Fsp3) is 0.500. The Kier molecular flexibility index (Phi) is 2.58. The minimum Gasteiger partial charge on any atom is -0.264 e. The largest absolute Gasteiger partial charge is 0.264 e. The highest BCUT2D eigenvalue weighted by Gasteiger charge is 2.21. The number of hydrogen-bond donors (Lipinski definition) is 0. The van der Waals surface area contributed by atoms with Crippen LogP contribution in [-0.4, -0.2) is 29.6 Å². The van der Waals surface area contributed by atoms with Gasteiger partial charge in [-0.1, -0.05) is 24.3 Å². The molecule has 0 N–H and O–H groups in total. The van der Waals surface area contributed by atoms with Crippen LogP contribution < -0.4 is 0 Å². The Hall–Kier alpha value is -0.470. The second-order valence-electron chi connectivity index (χ2n) is 4.65. The van der Waals surface area contributed by atoms with Gasteiger partial charge in [-0.15, -0.1) is 0 Å². The molecule has 0 fully saturated rings. The van der Waals surface area contributed by atoms with Gasteiger partial charge in [0.25, 0.3) is 0 Å². The number of rotatable bonds is 1. The van der Waals surface area contributed by atoms with Crippen LogP contribution in [0.3, 0.4) is 0 Å². The minimum atomic E-state index is -0.535. The van der Waals surface area contributed by atoms with Crippen molar-refractivity contribution in [3.05, 3.63) is 35.4 Å². The van der Waals surface area contributed by atoms with Crippen molar-refractivity contribution < 1.29 is 0 Å². The van der Waals surface area contributed by atoms with Gasteiger partial charge in [-0.05, 0) is 36.3 Å². The van der Waals surface area contributed by atoms with Crippen molar-refractivity contribution >= 4 is 10.2 Å². The SMILES string of the molecule is CS(C)(C)N1CCc2ccccc2C1. The van der Waals surface area contributed by atoms with Crippen molar-refractivity contribution in [1.29, 1.82) is 0 Å². The van der Waals surface area contributed by atoms with Gasteiger partial charge in [0.15, 0.2) is 0 Å². The zero-order valence-electron chi connectivity index (χ0n) is 9.29. The van der Waals surface area contributed by atoms with Gasteiger partial charge in [-0.2, -0.15) is 10.2 Å². The molecule has 1 aliphatic heterocycles. The molecular formula is C12H19NS. The average molecular weight is 209 g/mol. The monoisotopic (exact) mass is 209 g/mol. The van der Waals surface area contributed by atoms with Crippen LogP contribution in [0.2, 0.25) is 0 Å². The Morgan fingerprint density at radius 2 is 1.71 bits per heavy atom. The van der Waals surface area contributed by atoms with Gasteiger partial charge in [-0.3, -0.25) is 4.31 Å². The lowest BCUT2D eigenvalue weighted by molar-refractivity contribution is 0.435. The van der Waals surface area contributed by atoms with Crippen LogP contribution in [0.4, 0.5) is 0 Å². The van der Waals surface area contributed by atoms with E-state index in [4.69, 9.17) is 0 Å². The molecule has 2 heteroatoms. The highest BCUT2D eigenvalue weighted by atomic mass is 32.3. The number of nitrogens with zero attached hydrogens (tertiary/aromatic N) is 1. The molecule has 2 rings (SSSR count). The molecule has 0 aliphatic carbocycles. The predicted molar refractivity (Wildman–Crippen MR) is 65.9 cm³/mol. The van der Waals surface area contributed by atoms with E-state index in [0.29, 0.717) is 0 Å². The minimum absolute atomic E-state index is 0.535. The molecule has 1 aromatic rings. The fourth-order valence-electron chi connectivity index (χ4n) is 1.94. The maximum absolute atomic E-state index is 2.63. The highest BCUT2D eigenvalue weighted by Crippen LogP contribution is 2.42. The summed E-state index contributed by atoms with van der Waals surface area (Å²) in [6.45, 7) is 2.38.